The Balaban J connectivity index is 2.35. The second-order valence-electron chi connectivity index (χ2n) is 4.61. The Bertz CT molecular complexity index is 560. The summed E-state index contributed by atoms with van der Waals surface area (Å²) in [5, 5.41) is 0.935. The molecular formula is C16H20N2O. The molecule has 0 saturated carbocycles. The summed E-state index contributed by atoms with van der Waals surface area (Å²) in [5.74, 6) is 0.106. The van der Waals surface area contributed by atoms with Crippen molar-refractivity contribution in [3.63, 3.8) is 0 Å². The fourth-order valence-electron chi connectivity index (χ4n) is 2.21. The van der Waals surface area contributed by atoms with Crippen molar-refractivity contribution in [1.82, 2.24) is 9.88 Å². The predicted octanol–water partition coefficient (Wildman–Crippen LogP) is 3.50. The van der Waals surface area contributed by atoms with Crippen LogP contribution < -0.4 is 0 Å². The topological polar surface area (TPSA) is 33.2 Å². The molecule has 0 radical (unpaired) electrons. The number of carbonyl (C=O) groups excluding carboxylic acids is 1. The van der Waals surface area contributed by atoms with Gasteiger partial charge in [-0.3, -0.25) is 9.78 Å². The lowest BCUT2D eigenvalue weighted by atomic mass is 10.1. The zero-order valence-electron chi connectivity index (χ0n) is 11.6. The van der Waals surface area contributed by atoms with Gasteiger partial charge in [-0.05, 0) is 31.5 Å². The summed E-state index contributed by atoms with van der Waals surface area (Å²) >= 11 is 0. The predicted molar refractivity (Wildman–Crippen MR) is 78.2 cm³/mol. The van der Waals surface area contributed by atoms with E-state index in [2.05, 4.69) is 11.9 Å². The van der Waals surface area contributed by atoms with E-state index in [9.17, 15) is 4.79 Å². The Morgan fingerprint density at radius 3 is 2.79 bits per heavy atom. The van der Waals surface area contributed by atoms with Crippen molar-refractivity contribution in [3.8, 4) is 0 Å². The molecule has 0 spiro atoms. The van der Waals surface area contributed by atoms with E-state index >= 15 is 0 Å². The number of fused-ring (bicyclic) bond motifs is 1. The number of amides is 1. The monoisotopic (exact) mass is 256 g/mol. The number of nitrogens with zero attached hydrogens (tertiary/aromatic N) is 2. The molecule has 0 unspecified atom stereocenters. The molecule has 19 heavy (non-hydrogen) atoms. The van der Waals surface area contributed by atoms with Crippen LogP contribution in [-0.2, 0) is 0 Å². The first-order chi connectivity index (χ1) is 9.27. The van der Waals surface area contributed by atoms with Crippen LogP contribution in [0.1, 0.15) is 37.0 Å². The van der Waals surface area contributed by atoms with Crippen LogP contribution >= 0.6 is 0 Å². The Hall–Kier alpha value is -1.90. The van der Waals surface area contributed by atoms with Crippen LogP contribution in [0.4, 0.5) is 0 Å². The molecule has 100 valence electrons. The zero-order chi connectivity index (χ0) is 13.7. The van der Waals surface area contributed by atoms with Crippen molar-refractivity contribution in [2.24, 2.45) is 0 Å². The molecule has 2 aromatic rings. The van der Waals surface area contributed by atoms with Crippen molar-refractivity contribution in [2.75, 3.05) is 13.1 Å². The molecule has 0 aliphatic heterocycles. The minimum absolute atomic E-state index is 0.106. The molecule has 1 aromatic carbocycles. The van der Waals surface area contributed by atoms with Crippen molar-refractivity contribution < 1.29 is 4.79 Å². The van der Waals surface area contributed by atoms with Gasteiger partial charge in [0.2, 0.25) is 0 Å². The molecule has 0 saturated heterocycles. The van der Waals surface area contributed by atoms with E-state index in [0.29, 0.717) is 0 Å². The van der Waals surface area contributed by atoms with E-state index in [4.69, 9.17) is 0 Å². The van der Waals surface area contributed by atoms with Gasteiger partial charge in [-0.25, -0.2) is 0 Å². The second kappa shape index (κ2) is 6.32. The minimum atomic E-state index is 0.106. The molecule has 2 rings (SSSR count). The van der Waals surface area contributed by atoms with Crippen LogP contribution in [0.5, 0.6) is 0 Å². The molecule has 0 aliphatic rings. The van der Waals surface area contributed by atoms with Gasteiger partial charge in [0.25, 0.3) is 5.91 Å². The molecule has 1 heterocycles. The van der Waals surface area contributed by atoms with E-state index in [1.807, 2.05) is 42.2 Å². The first kappa shape index (κ1) is 13.5. The number of rotatable bonds is 5. The average Bonchev–Trinajstić information content (AvgIpc) is 2.47. The third-order valence-corrected chi connectivity index (χ3v) is 3.33. The number of carbonyl (C=O) groups is 1. The maximum Gasteiger partial charge on any atom is 0.254 e. The fraction of sp³-hybridized carbons (Fsp3) is 0.375. The Morgan fingerprint density at radius 1 is 1.21 bits per heavy atom. The number of unbranched alkanes of at least 4 members (excludes halogenated alkanes) is 1. The summed E-state index contributed by atoms with van der Waals surface area (Å²) in [5.41, 5.74) is 1.63. The van der Waals surface area contributed by atoms with E-state index in [1.54, 1.807) is 6.20 Å². The number of hydrogen-bond acceptors (Lipinski definition) is 2. The summed E-state index contributed by atoms with van der Waals surface area (Å²) in [6, 6.07) is 9.57. The van der Waals surface area contributed by atoms with Crippen molar-refractivity contribution in [2.45, 2.75) is 26.7 Å². The van der Waals surface area contributed by atoms with Gasteiger partial charge in [0, 0.05) is 30.2 Å². The Morgan fingerprint density at radius 2 is 2.05 bits per heavy atom. The molecule has 3 heteroatoms. The van der Waals surface area contributed by atoms with Gasteiger partial charge >= 0.3 is 0 Å². The smallest absolute Gasteiger partial charge is 0.254 e. The molecule has 1 aromatic heterocycles. The highest BCUT2D eigenvalue weighted by molar-refractivity contribution is 6.06. The number of pyridine rings is 1. The lowest BCUT2D eigenvalue weighted by molar-refractivity contribution is 0.0764. The first-order valence-corrected chi connectivity index (χ1v) is 6.91. The van der Waals surface area contributed by atoms with E-state index in [0.717, 1.165) is 42.4 Å². The SMILES string of the molecule is CCCCN(CC)C(=O)c1cccc2ncccc12. The van der Waals surface area contributed by atoms with E-state index in [-0.39, 0.29) is 5.91 Å². The summed E-state index contributed by atoms with van der Waals surface area (Å²) in [6.07, 6.45) is 3.90. The van der Waals surface area contributed by atoms with Crippen LogP contribution in [0.15, 0.2) is 36.5 Å². The van der Waals surface area contributed by atoms with E-state index < -0.39 is 0 Å². The van der Waals surface area contributed by atoms with Gasteiger partial charge in [0.15, 0.2) is 0 Å². The second-order valence-corrected chi connectivity index (χ2v) is 4.61. The van der Waals surface area contributed by atoms with Crippen LogP contribution in [-0.4, -0.2) is 28.9 Å². The van der Waals surface area contributed by atoms with Crippen molar-refractivity contribution in [3.05, 3.63) is 42.1 Å². The third-order valence-electron chi connectivity index (χ3n) is 3.33. The van der Waals surface area contributed by atoms with Crippen molar-refractivity contribution >= 4 is 16.8 Å². The Labute approximate surface area is 114 Å². The molecule has 0 aliphatic carbocycles. The van der Waals surface area contributed by atoms with Gasteiger partial charge in [-0.15, -0.1) is 0 Å². The number of hydrogen-bond donors (Lipinski definition) is 0. The highest BCUT2D eigenvalue weighted by atomic mass is 16.2. The van der Waals surface area contributed by atoms with Gasteiger partial charge in [-0.2, -0.15) is 0 Å². The van der Waals surface area contributed by atoms with Crippen LogP contribution in [0.2, 0.25) is 0 Å². The van der Waals surface area contributed by atoms with E-state index in [1.165, 1.54) is 0 Å². The molecule has 0 N–H and O–H groups in total. The van der Waals surface area contributed by atoms with Crippen LogP contribution in [0.3, 0.4) is 0 Å². The summed E-state index contributed by atoms with van der Waals surface area (Å²) < 4.78 is 0. The van der Waals surface area contributed by atoms with Crippen LogP contribution in [0.25, 0.3) is 10.9 Å². The minimum Gasteiger partial charge on any atom is -0.339 e. The van der Waals surface area contributed by atoms with Crippen molar-refractivity contribution in [1.29, 1.82) is 0 Å². The third kappa shape index (κ3) is 2.92. The largest absolute Gasteiger partial charge is 0.339 e. The van der Waals surface area contributed by atoms with Crippen LogP contribution in [0, 0.1) is 0 Å². The lowest BCUT2D eigenvalue weighted by Gasteiger charge is -2.21. The van der Waals surface area contributed by atoms with Gasteiger partial charge in [-0.1, -0.05) is 25.5 Å². The number of aromatic nitrogens is 1. The summed E-state index contributed by atoms with van der Waals surface area (Å²) in [4.78, 5) is 18.8. The molecule has 0 fully saturated rings. The zero-order valence-corrected chi connectivity index (χ0v) is 11.6. The molecule has 1 amide bonds. The number of benzene rings is 1. The van der Waals surface area contributed by atoms with Gasteiger partial charge < -0.3 is 4.90 Å². The highest BCUT2D eigenvalue weighted by Gasteiger charge is 2.16. The molecule has 0 atom stereocenters. The maximum atomic E-state index is 12.6. The maximum absolute atomic E-state index is 12.6. The average molecular weight is 256 g/mol. The summed E-state index contributed by atoms with van der Waals surface area (Å²) in [6.45, 7) is 5.73. The Kier molecular flexibility index (Phi) is 4.50. The lowest BCUT2D eigenvalue weighted by Crippen LogP contribution is -2.31. The molecular weight excluding hydrogens is 236 g/mol. The van der Waals surface area contributed by atoms with Gasteiger partial charge in [0.1, 0.15) is 0 Å². The molecule has 0 bridgehead atoms. The normalized spacial score (nSPS) is 10.6. The highest BCUT2D eigenvalue weighted by Crippen LogP contribution is 2.18. The first-order valence-electron chi connectivity index (χ1n) is 6.91. The quantitative estimate of drug-likeness (QED) is 0.820. The fourth-order valence-corrected chi connectivity index (χ4v) is 2.21. The standard InChI is InChI=1S/C16H20N2O/c1-3-5-12-18(4-2)16(19)14-8-6-10-15-13(14)9-7-11-17-15/h6-11H,3-5,12H2,1-2H3. The molecule has 3 nitrogen and oxygen atoms in total. The van der Waals surface area contributed by atoms with Gasteiger partial charge in [0.05, 0.1) is 5.52 Å². The summed E-state index contributed by atoms with van der Waals surface area (Å²) in [7, 11) is 0.